The van der Waals surface area contributed by atoms with E-state index >= 15 is 0 Å². The summed E-state index contributed by atoms with van der Waals surface area (Å²) < 4.78 is 0. The van der Waals surface area contributed by atoms with E-state index in [1.807, 2.05) is 18.7 Å². The number of amides is 3. The number of nitrogens with zero attached hydrogens (tertiary/aromatic N) is 1. The van der Waals surface area contributed by atoms with Gasteiger partial charge in [-0.3, -0.25) is 4.79 Å². The Hall–Kier alpha value is -1.26. The van der Waals surface area contributed by atoms with Gasteiger partial charge in [0.1, 0.15) is 0 Å². The summed E-state index contributed by atoms with van der Waals surface area (Å²) in [7, 11) is 0. The largest absolute Gasteiger partial charge is 0.343 e. The fourth-order valence-corrected chi connectivity index (χ4v) is 1.97. The number of likely N-dealkylation sites (tertiary alicyclic amines) is 1. The van der Waals surface area contributed by atoms with E-state index in [1.165, 1.54) is 0 Å². The molecule has 0 aromatic carbocycles. The number of nitrogens with one attached hydrogen (secondary N) is 2. The predicted octanol–water partition coefficient (Wildman–Crippen LogP) is 1.10. The highest BCUT2D eigenvalue weighted by molar-refractivity contribution is 5.76. The van der Waals surface area contributed by atoms with E-state index in [0.717, 1.165) is 32.4 Å². The topological polar surface area (TPSA) is 61.4 Å². The highest BCUT2D eigenvalue weighted by Crippen LogP contribution is 2.11. The van der Waals surface area contributed by atoms with Crippen molar-refractivity contribution >= 4 is 11.9 Å². The van der Waals surface area contributed by atoms with Crippen LogP contribution in [0.3, 0.4) is 0 Å². The summed E-state index contributed by atoms with van der Waals surface area (Å²) in [6.07, 6.45) is 3.21. The van der Waals surface area contributed by atoms with E-state index in [1.54, 1.807) is 0 Å². The Bertz CT molecular complexity index is 260. The van der Waals surface area contributed by atoms with Crippen LogP contribution >= 0.6 is 0 Å². The number of carbonyl (C=O) groups is 2. The molecule has 0 atom stereocenters. The lowest BCUT2D eigenvalue weighted by Crippen LogP contribution is -2.49. The highest BCUT2D eigenvalue weighted by Gasteiger charge is 2.22. The lowest BCUT2D eigenvalue weighted by Gasteiger charge is -2.32. The zero-order valence-corrected chi connectivity index (χ0v) is 10.8. The quantitative estimate of drug-likeness (QED) is 0.774. The van der Waals surface area contributed by atoms with E-state index in [0.29, 0.717) is 13.0 Å². The van der Waals surface area contributed by atoms with Crippen molar-refractivity contribution in [3.8, 4) is 0 Å². The number of urea groups is 1. The first-order valence-corrected chi connectivity index (χ1v) is 6.49. The van der Waals surface area contributed by atoms with E-state index < -0.39 is 0 Å². The molecule has 0 aromatic rings. The first-order valence-electron chi connectivity index (χ1n) is 6.49. The zero-order valence-electron chi connectivity index (χ0n) is 10.8. The fourth-order valence-electron chi connectivity index (χ4n) is 1.97. The van der Waals surface area contributed by atoms with Crippen LogP contribution in [0.5, 0.6) is 0 Å². The van der Waals surface area contributed by atoms with Gasteiger partial charge in [0.25, 0.3) is 0 Å². The third kappa shape index (κ3) is 4.63. The molecular formula is C12H23N3O2. The van der Waals surface area contributed by atoms with Gasteiger partial charge in [0.05, 0.1) is 0 Å². The Morgan fingerprint density at radius 2 is 1.88 bits per heavy atom. The van der Waals surface area contributed by atoms with Crippen LogP contribution in [-0.2, 0) is 4.79 Å². The minimum Gasteiger partial charge on any atom is -0.343 e. The van der Waals surface area contributed by atoms with Gasteiger partial charge in [0.2, 0.25) is 5.91 Å². The second kappa shape index (κ2) is 7.14. The van der Waals surface area contributed by atoms with Gasteiger partial charge in [-0.15, -0.1) is 0 Å². The summed E-state index contributed by atoms with van der Waals surface area (Å²) in [6, 6.07) is 0.111. The molecule has 2 N–H and O–H groups in total. The standard InChI is InChI=1S/C12H23N3O2/c1-3-7-13-12(17)14-10-5-8-15(9-6-10)11(16)4-2/h10H,3-9H2,1-2H3,(H2,13,14,17). The number of piperidine rings is 1. The van der Waals surface area contributed by atoms with Crippen LogP contribution in [0.2, 0.25) is 0 Å². The monoisotopic (exact) mass is 241 g/mol. The molecule has 5 heteroatoms. The number of rotatable bonds is 4. The average Bonchev–Trinajstić information content (AvgIpc) is 2.36. The van der Waals surface area contributed by atoms with E-state index in [9.17, 15) is 9.59 Å². The third-order valence-corrected chi connectivity index (χ3v) is 3.02. The molecule has 17 heavy (non-hydrogen) atoms. The van der Waals surface area contributed by atoms with Crippen molar-refractivity contribution < 1.29 is 9.59 Å². The lowest BCUT2D eigenvalue weighted by molar-refractivity contribution is -0.131. The second-order valence-corrected chi connectivity index (χ2v) is 4.41. The molecular weight excluding hydrogens is 218 g/mol. The molecule has 3 amide bonds. The van der Waals surface area contributed by atoms with Crippen molar-refractivity contribution in [3.63, 3.8) is 0 Å². The van der Waals surface area contributed by atoms with Gasteiger partial charge in [-0.05, 0) is 19.3 Å². The first-order chi connectivity index (χ1) is 8.17. The first kappa shape index (κ1) is 13.8. The van der Waals surface area contributed by atoms with Crippen LogP contribution in [0, 0.1) is 0 Å². The molecule has 0 saturated carbocycles. The lowest BCUT2D eigenvalue weighted by atomic mass is 10.1. The Balaban J connectivity index is 2.23. The molecule has 98 valence electrons. The maximum absolute atomic E-state index is 11.5. The van der Waals surface area contributed by atoms with Gasteiger partial charge in [-0.2, -0.15) is 0 Å². The highest BCUT2D eigenvalue weighted by atomic mass is 16.2. The normalized spacial score (nSPS) is 16.7. The van der Waals surface area contributed by atoms with Gasteiger partial charge in [0.15, 0.2) is 0 Å². The molecule has 1 rings (SSSR count). The molecule has 0 aliphatic carbocycles. The van der Waals surface area contributed by atoms with E-state index in [2.05, 4.69) is 10.6 Å². The van der Waals surface area contributed by atoms with Gasteiger partial charge in [-0.25, -0.2) is 4.79 Å². The fraction of sp³-hybridized carbons (Fsp3) is 0.833. The van der Waals surface area contributed by atoms with Crippen LogP contribution in [0.1, 0.15) is 39.5 Å². The molecule has 5 nitrogen and oxygen atoms in total. The van der Waals surface area contributed by atoms with Crippen molar-refractivity contribution in [1.29, 1.82) is 0 Å². The smallest absolute Gasteiger partial charge is 0.315 e. The van der Waals surface area contributed by atoms with Crippen molar-refractivity contribution in [2.45, 2.75) is 45.6 Å². The Kier molecular flexibility index (Phi) is 5.80. The SMILES string of the molecule is CCCNC(=O)NC1CCN(C(=O)CC)CC1. The van der Waals surface area contributed by atoms with Gasteiger partial charge >= 0.3 is 6.03 Å². The summed E-state index contributed by atoms with van der Waals surface area (Å²) in [5.74, 6) is 0.207. The van der Waals surface area contributed by atoms with Crippen LogP contribution in [-0.4, -0.2) is 42.5 Å². The molecule has 1 heterocycles. The summed E-state index contributed by atoms with van der Waals surface area (Å²) in [4.78, 5) is 24.8. The van der Waals surface area contributed by atoms with Crippen molar-refractivity contribution in [2.75, 3.05) is 19.6 Å². The van der Waals surface area contributed by atoms with Crippen molar-refractivity contribution in [3.05, 3.63) is 0 Å². The van der Waals surface area contributed by atoms with Gasteiger partial charge in [-0.1, -0.05) is 13.8 Å². The summed E-state index contributed by atoms with van der Waals surface area (Å²) in [6.45, 7) is 6.12. The second-order valence-electron chi connectivity index (χ2n) is 4.41. The molecule has 1 aliphatic rings. The Morgan fingerprint density at radius 1 is 1.24 bits per heavy atom. The van der Waals surface area contributed by atoms with Crippen LogP contribution in [0.4, 0.5) is 4.79 Å². The molecule has 1 fully saturated rings. The number of hydrogen-bond donors (Lipinski definition) is 2. The summed E-state index contributed by atoms with van der Waals surface area (Å²) in [5.41, 5.74) is 0. The van der Waals surface area contributed by atoms with E-state index in [-0.39, 0.29) is 18.0 Å². The molecule has 0 spiro atoms. The van der Waals surface area contributed by atoms with Crippen LogP contribution < -0.4 is 10.6 Å². The minimum atomic E-state index is -0.0906. The van der Waals surface area contributed by atoms with Crippen LogP contribution in [0.15, 0.2) is 0 Å². The predicted molar refractivity (Wildman–Crippen MR) is 66.7 cm³/mol. The average molecular weight is 241 g/mol. The summed E-state index contributed by atoms with van der Waals surface area (Å²) in [5, 5.41) is 5.74. The minimum absolute atomic E-state index is 0.0906. The molecule has 1 saturated heterocycles. The summed E-state index contributed by atoms with van der Waals surface area (Å²) >= 11 is 0. The van der Waals surface area contributed by atoms with Gasteiger partial charge in [0, 0.05) is 32.1 Å². The third-order valence-electron chi connectivity index (χ3n) is 3.02. The zero-order chi connectivity index (χ0) is 12.7. The van der Waals surface area contributed by atoms with Crippen molar-refractivity contribution in [1.82, 2.24) is 15.5 Å². The molecule has 1 aliphatic heterocycles. The Labute approximate surface area is 103 Å². The van der Waals surface area contributed by atoms with Crippen molar-refractivity contribution in [2.24, 2.45) is 0 Å². The molecule has 0 aromatic heterocycles. The number of carbonyl (C=O) groups excluding carboxylic acids is 2. The Morgan fingerprint density at radius 3 is 2.41 bits per heavy atom. The maximum atomic E-state index is 11.5. The molecule has 0 unspecified atom stereocenters. The molecule has 0 bridgehead atoms. The van der Waals surface area contributed by atoms with Crippen LogP contribution in [0.25, 0.3) is 0 Å². The molecule has 0 radical (unpaired) electrons. The van der Waals surface area contributed by atoms with Gasteiger partial charge < -0.3 is 15.5 Å². The van der Waals surface area contributed by atoms with E-state index in [4.69, 9.17) is 0 Å². The maximum Gasteiger partial charge on any atom is 0.315 e. The number of hydrogen-bond acceptors (Lipinski definition) is 2.